The van der Waals surface area contributed by atoms with E-state index in [-0.39, 0.29) is 0 Å². The summed E-state index contributed by atoms with van der Waals surface area (Å²) in [5.74, 6) is 0.438. The summed E-state index contributed by atoms with van der Waals surface area (Å²) in [6.45, 7) is 8.52. The average molecular weight is 224 g/mol. The summed E-state index contributed by atoms with van der Waals surface area (Å²) in [7, 11) is 0. The molecule has 0 saturated heterocycles. The highest BCUT2D eigenvalue weighted by Crippen LogP contribution is 2.15. The largest absolute Gasteiger partial charge is 0.286 e. The zero-order valence-electron chi connectivity index (χ0n) is 9.79. The maximum absolute atomic E-state index is 5.86. The van der Waals surface area contributed by atoms with Gasteiger partial charge in [-0.25, -0.2) is 0 Å². The molecule has 0 heterocycles. The Hall–Kier alpha value is -0.820. The van der Waals surface area contributed by atoms with Crippen molar-refractivity contribution in [2.45, 2.75) is 33.7 Å². The minimum absolute atomic E-state index is 0.332. The third-order valence-electron chi connectivity index (χ3n) is 2.08. The number of benzene rings is 1. The first kappa shape index (κ1) is 12.3. The van der Waals surface area contributed by atoms with E-state index in [0.717, 1.165) is 10.7 Å². The van der Waals surface area contributed by atoms with E-state index in [4.69, 9.17) is 11.6 Å². The molecule has 82 valence electrons. The fraction of sp³-hybridized carbons (Fsp3) is 0.462. The lowest BCUT2D eigenvalue weighted by Gasteiger charge is -2.12. The molecule has 1 nitrogen and oxygen atoms in total. The number of halogens is 1. The SMILES string of the molecule is CC(C)N=C(c1ccc(Cl)cc1)C(C)C. The van der Waals surface area contributed by atoms with E-state index >= 15 is 0 Å². The molecular weight excluding hydrogens is 206 g/mol. The van der Waals surface area contributed by atoms with Gasteiger partial charge in [-0.15, -0.1) is 0 Å². The lowest BCUT2D eigenvalue weighted by molar-refractivity contribution is 0.798. The maximum Gasteiger partial charge on any atom is 0.0449 e. The summed E-state index contributed by atoms with van der Waals surface area (Å²) in [6.07, 6.45) is 0. The van der Waals surface area contributed by atoms with Crippen molar-refractivity contribution in [3.8, 4) is 0 Å². The van der Waals surface area contributed by atoms with Crippen LogP contribution in [0.1, 0.15) is 33.3 Å². The van der Waals surface area contributed by atoms with Crippen LogP contribution in [0.25, 0.3) is 0 Å². The van der Waals surface area contributed by atoms with Crippen molar-refractivity contribution < 1.29 is 0 Å². The minimum atomic E-state index is 0.332. The third-order valence-corrected chi connectivity index (χ3v) is 2.34. The molecule has 0 fully saturated rings. The predicted octanol–water partition coefficient (Wildman–Crippen LogP) is 4.19. The highest BCUT2D eigenvalue weighted by atomic mass is 35.5. The highest BCUT2D eigenvalue weighted by molar-refractivity contribution is 6.30. The van der Waals surface area contributed by atoms with Gasteiger partial charge < -0.3 is 0 Å². The molecule has 0 aromatic heterocycles. The molecule has 0 unspecified atom stereocenters. The lowest BCUT2D eigenvalue weighted by Crippen LogP contribution is -2.12. The molecule has 0 aliphatic heterocycles. The van der Waals surface area contributed by atoms with Gasteiger partial charge in [0.05, 0.1) is 0 Å². The molecule has 0 bridgehead atoms. The van der Waals surface area contributed by atoms with Crippen LogP contribution in [-0.4, -0.2) is 11.8 Å². The molecule has 2 heteroatoms. The van der Waals surface area contributed by atoms with E-state index in [1.807, 2.05) is 24.3 Å². The van der Waals surface area contributed by atoms with Gasteiger partial charge in [0.1, 0.15) is 0 Å². The number of rotatable bonds is 3. The van der Waals surface area contributed by atoms with Crippen LogP contribution in [0, 0.1) is 5.92 Å². The first-order valence-corrected chi connectivity index (χ1v) is 5.72. The van der Waals surface area contributed by atoms with Gasteiger partial charge >= 0.3 is 0 Å². The van der Waals surface area contributed by atoms with Crippen molar-refractivity contribution >= 4 is 17.3 Å². The molecule has 1 aromatic carbocycles. The van der Waals surface area contributed by atoms with Gasteiger partial charge in [-0.05, 0) is 37.5 Å². The topological polar surface area (TPSA) is 12.4 Å². The Morgan fingerprint density at radius 2 is 1.60 bits per heavy atom. The van der Waals surface area contributed by atoms with Crippen LogP contribution in [0.15, 0.2) is 29.3 Å². The van der Waals surface area contributed by atoms with Crippen LogP contribution in [0.3, 0.4) is 0 Å². The highest BCUT2D eigenvalue weighted by Gasteiger charge is 2.08. The summed E-state index contributed by atoms with van der Waals surface area (Å²) in [5.41, 5.74) is 2.32. The van der Waals surface area contributed by atoms with Crippen molar-refractivity contribution in [1.29, 1.82) is 0 Å². The molecule has 0 spiro atoms. The zero-order valence-corrected chi connectivity index (χ0v) is 10.5. The van der Waals surface area contributed by atoms with Gasteiger partial charge in [0.25, 0.3) is 0 Å². The normalized spacial score (nSPS) is 12.6. The van der Waals surface area contributed by atoms with Gasteiger partial charge in [0.15, 0.2) is 0 Å². The van der Waals surface area contributed by atoms with Crippen molar-refractivity contribution in [2.24, 2.45) is 10.9 Å². The van der Waals surface area contributed by atoms with Gasteiger partial charge in [-0.2, -0.15) is 0 Å². The molecule has 0 aliphatic rings. The second kappa shape index (κ2) is 5.32. The Morgan fingerprint density at radius 1 is 1.07 bits per heavy atom. The number of nitrogens with zero attached hydrogens (tertiary/aromatic N) is 1. The van der Waals surface area contributed by atoms with E-state index in [1.54, 1.807) is 0 Å². The first-order chi connectivity index (χ1) is 7.00. The summed E-state index contributed by atoms with van der Waals surface area (Å²) < 4.78 is 0. The average Bonchev–Trinajstić information content (AvgIpc) is 2.15. The van der Waals surface area contributed by atoms with E-state index in [1.165, 1.54) is 5.56 Å². The zero-order chi connectivity index (χ0) is 11.4. The molecule has 0 radical (unpaired) electrons. The molecule has 0 aliphatic carbocycles. The molecule has 15 heavy (non-hydrogen) atoms. The van der Waals surface area contributed by atoms with E-state index in [9.17, 15) is 0 Å². The Kier molecular flexibility index (Phi) is 4.34. The Bertz CT molecular complexity index is 336. The lowest BCUT2D eigenvalue weighted by atomic mass is 10.00. The molecule has 0 atom stereocenters. The smallest absolute Gasteiger partial charge is 0.0449 e. The van der Waals surface area contributed by atoms with Crippen LogP contribution in [0.4, 0.5) is 0 Å². The molecule has 1 rings (SSSR count). The second-order valence-corrected chi connectivity index (χ2v) is 4.71. The number of aliphatic imine (C=N–C) groups is 1. The van der Waals surface area contributed by atoms with Crippen LogP contribution in [0.5, 0.6) is 0 Å². The van der Waals surface area contributed by atoms with Crippen LogP contribution >= 0.6 is 11.6 Å². The first-order valence-electron chi connectivity index (χ1n) is 5.34. The molecule has 1 aromatic rings. The quantitative estimate of drug-likeness (QED) is 0.682. The molecule has 0 saturated carbocycles. The standard InChI is InChI=1S/C13H18ClN/c1-9(2)13(15-10(3)4)11-5-7-12(14)8-6-11/h5-10H,1-4H3. The summed E-state index contributed by atoms with van der Waals surface area (Å²) in [6, 6.07) is 8.22. The summed E-state index contributed by atoms with van der Waals surface area (Å²) >= 11 is 5.86. The van der Waals surface area contributed by atoms with E-state index in [2.05, 4.69) is 32.7 Å². The Morgan fingerprint density at radius 3 is 2.00 bits per heavy atom. The molecule has 0 N–H and O–H groups in total. The second-order valence-electron chi connectivity index (χ2n) is 4.27. The van der Waals surface area contributed by atoms with Gasteiger partial charge in [0.2, 0.25) is 0 Å². The number of hydrogen-bond donors (Lipinski definition) is 0. The number of hydrogen-bond acceptors (Lipinski definition) is 1. The van der Waals surface area contributed by atoms with Gasteiger partial charge in [-0.3, -0.25) is 4.99 Å². The summed E-state index contributed by atoms with van der Waals surface area (Å²) in [4.78, 5) is 4.65. The maximum atomic E-state index is 5.86. The van der Waals surface area contributed by atoms with Crippen LogP contribution in [0.2, 0.25) is 5.02 Å². The van der Waals surface area contributed by atoms with Crippen LogP contribution < -0.4 is 0 Å². The summed E-state index contributed by atoms with van der Waals surface area (Å²) in [5, 5.41) is 0.770. The fourth-order valence-corrected chi connectivity index (χ4v) is 1.58. The molecular formula is C13H18ClN. The molecule has 0 amide bonds. The monoisotopic (exact) mass is 223 g/mol. The Labute approximate surface area is 97.2 Å². The minimum Gasteiger partial charge on any atom is -0.286 e. The van der Waals surface area contributed by atoms with E-state index in [0.29, 0.717) is 12.0 Å². The third kappa shape index (κ3) is 3.67. The Balaban J connectivity index is 3.05. The van der Waals surface area contributed by atoms with Gasteiger partial charge in [-0.1, -0.05) is 37.6 Å². The fourth-order valence-electron chi connectivity index (χ4n) is 1.46. The van der Waals surface area contributed by atoms with Crippen molar-refractivity contribution in [3.05, 3.63) is 34.9 Å². The van der Waals surface area contributed by atoms with Crippen LogP contribution in [-0.2, 0) is 0 Å². The van der Waals surface area contributed by atoms with Crippen molar-refractivity contribution in [3.63, 3.8) is 0 Å². The van der Waals surface area contributed by atoms with Crippen molar-refractivity contribution in [1.82, 2.24) is 0 Å². The van der Waals surface area contributed by atoms with Gasteiger partial charge in [0, 0.05) is 16.8 Å². The predicted molar refractivity (Wildman–Crippen MR) is 68.0 cm³/mol. The van der Waals surface area contributed by atoms with E-state index < -0.39 is 0 Å². The van der Waals surface area contributed by atoms with Crippen molar-refractivity contribution in [2.75, 3.05) is 0 Å².